The van der Waals surface area contributed by atoms with Crippen LogP contribution in [0.1, 0.15) is 79.1 Å². The number of likely N-dealkylation sites (tertiary alicyclic amines) is 2. The summed E-state index contributed by atoms with van der Waals surface area (Å²) < 4.78 is 0. The van der Waals surface area contributed by atoms with Gasteiger partial charge in [0.2, 0.25) is 35.4 Å². The van der Waals surface area contributed by atoms with Crippen LogP contribution in [-0.2, 0) is 33.6 Å². The van der Waals surface area contributed by atoms with Gasteiger partial charge in [0, 0.05) is 19.6 Å². The average Bonchev–Trinajstić information content (AvgIpc) is 3.77. The summed E-state index contributed by atoms with van der Waals surface area (Å²) >= 11 is 0. The van der Waals surface area contributed by atoms with E-state index in [0.717, 1.165) is 0 Å². The molecule has 2 fully saturated rings. The fraction of sp³-hybridized carbons (Fsp3) is 0.758. The molecule has 2 rings (SSSR count). The van der Waals surface area contributed by atoms with Crippen molar-refractivity contribution in [2.45, 2.75) is 115 Å². The van der Waals surface area contributed by atoms with Crippen LogP contribution in [0, 0.1) is 11.8 Å². The molecule has 0 aromatic carbocycles. The van der Waals surface area contributed by atoms with E-state index in [1.54, 1.807) is 0 Å². The van der Waals surface area contributed by atoms with Gasteiger partial charge in [0.25, 0.3) is 0 Å². The third kappa shape index (κ3) is 13.2. The van der Waals surface area contributed by atoms with Crippen molar-refractivity contribution in [2.24, 2.45) is 34.0 Å². The summed E-state index contributed by atoms with van der Waals surface area (Å²) in [6, 6.07) is -6.63. The van der Waals surface area contributed by atoms with Crippen molar-refractivity contribution in [3.05, 3.63) is 0 Å². The van der Waals surface area contributed by atoms with E-state index in [0.29, 0.717) is 32.1 Å². The fourth-order valence-corrected chi connectivity index (χ4v) is 6.40. The molecule has 12 N–H and O–H groups in total. The molecule has 0 aromatic heterocycles. The Morgan fingerprint density at radius 1 is 0.769 bits per heavy atom. The van der Waals surface area contributed by atoms with E-state index in [9.17, 15) is 43.8 Å². The average molecular weight is 739 g/mol. The molecule has 2 saturated heterocycles. The van der Waals surface area contributed by atoms with E-state index in [4.69, 9.17) is 17.2 Å². The normalized spacial score (nSPS) is 19.4. The van der Waals surface area contributed by atoms with Gasteiger partial charge in [0.05, 0.1) is 13.2 Å². The van der Waals surface area contributed by atoms with Crippen LogP contribution < -0.4 is 38.5 Å². The van der Waals surface area contributed by atoms with Gasteiger partial charge in [0.1, 0.15) is 36.3 Å². The number of carbonyl (C=O) groups is 7. The van der Waals surface area contributed by atoms with E-state index in [-0.39, 0.29) is 63.2 Å². The molecule has 19 heteroatoms. The molecule has 294 valence electrons. The van der Waals surface area contributed by atoms with Crippen molar-refractivity contribution in [3.8, 4) is 0 Å². The molecular weight excluding hydrogens is 680 g/mol. The quantitative estimate of drug-likeness (QED) is 0.0345. The second kappa shape index (κ2) is 21.1. The van der Waals surface area contributed by atoms with Gasteiger partial charge in [0.15, 0.2) is 5.96 Å². The van der Waals surface area contributed by atoms with E-state index >= 15 is 0 Å². The Morgan fingerprint density at radius 2 is 1.33 bits per heavy atom. The molecule has 2 heterocycles. The number of guanidine groups is 1. The lowest BCUT2D eigenvalue weighted by Crippen LogP contribution is -2.60. The number of aliphatic imine (C=N–C) groups is 1. The second-order valence-corrected chi connectivity index (χ2v) is 14.1. The molecule has 0 bridgehead atoms. The van der Waals surface area contributed by atoms with Crippen LogP contribution in [0.3, 0.4) is 0 Å². The highest BCUT2D eigenvalue weighted by atomic mass is 16.4. The summed E-state index contributed by atoms with van der Waals surface area (Å²) in [5.41, 5.74) is 16.0. The zero-order chi connectivity index (χ0) is 39.1. The molecule has 0 aromatic rings. The van der Waals surface area contributed by atoms with Crippen LogP contribution in [0.25, 0.3) is 0 Å². The molecule has 6 atom stereocenters. The maximum atomic E-state index is 14.0. The lowest BCUT2D eigenvalue weighted by molar-refractivity contribution is -0.149. The Kier molecular flexibility index (Phi) is 17.7. The van der Waals surface area contributed by atoms with Gasteiger partial charge in [-0.1, -0.05) is 27.7 Å². The molecular formula is C33H58N10O9. The van der Waals surface area contributed by atoms with E-state index < -0.39 is 84.3 Å². The minimum Gasteiger partial charge on any atom is -0.480 e. The Morgan fingerprint density at radius 3 is 1.88 bits per heavy atom. The third-order valence-corrected chi connectivity index (χ3v) is 8.90. The molecule has 6 amide bonds. The van der Waals surface area contributed by atoms with Gasteiger partial charge in [-0.2, -0.15) is 0 Å². The first kappa shape index (κ1) is 43.6. The summed E-state index contributed by atoms with van der Waals surface area (Å²) in [6.45, 7) is 6.90. The molecule has 0 spiro atoms. The number of hydrogen-bond donors (Lipinski definition) is 9. The highest BCUT2D eigenvalue weighted by Crippen LogP contribution is 2.26. The number of carboxylic acids is 1. The molecule has 2 aliphatic rings. The van der Waals surface area contributed by atoms with Gasteiger partial charge in [-0.05, 0) is 63.2 Å². The number of aliphatic carboxylic acids is 1. The second-order valence-electron chi connectivity index (χ2n) is 14.1. The van der Waals surface area contributed by atoms with Crippen molar-refractivity contribution in [2.75, 3.05) is 32.8 Å². The maximum Gasteiger partial charge on any atom is 0.326 e. The van der Waals surface area contributed by atoms with Gasteiger partial charge >= 0.3 is 5.97 Å². The minimum atomic E-state index is -1.44. The van der Waals surface area contributed by atoms with Crippen LogP contribution >= 0.6 is 0 Å². The number of aliphatic hydroxyl groups is 1. The van der Waals surface area contributed by atoms with Gasteiger partial charge in [-0.25, -0.2) is 4.79 Å². The lowest BCUT2D eigenvalue weighted by Gasteiger charge is -2.34. The number of nitrogens with zero attached hydrogens (tertiary/aromatic N) is 3. The van der Waals surface area contributed by atoms with Crippen LogP contribution in [0.2, 0.25) is 0 Å². The standard InChI is InChI=1S/C33H58N10O9/c1-18(2)14-21(38-26(45)16-34)27(46)41-23(17-44)28(47)40-22(15-19(3)4)30(49)43-13-7-10-25(43)31(50)42-12-6-9-24(42)29(48)39-20(32(51)52)8-5-11-37-33(35)36/h18-25,44H,5-17,34H2,1-4H3,(H,38,45)(H,39,48)(H,40,47)(H,41,46)(H,51,52)(H4,35,36,37)/t20-,21-,22-,23-,24-,25-/m0/s1. The maximum absolute atomic E-state index is 14.0. The number of hydrogen-bond acceptors (Lipinski definition) is 10. The predicted molar refractivity (Wildman–Crippen MR) is 190 cm³/mol. The first-order valence-electron chi connectivity index (χ1n) is 17.9. The fourth-order valence-electron chi connectivity index (χ4n) is 6.40. The zero-order valence-corrected chi connectivity index (χ0v) is 30.6. The summed E-state index contributed by atoms with van der Waals surface area (Å²) in [5.74, 6) is -5.14. The van der Waals surface area contributed by atoms with Crippen LogP contribution in [0.15, 0.2) is 4.99 Å². The number of nitrogens with one attached hydrogen (secondary N) is 4. The van der Waals surface area contributed by atoms with Gasteiger partial charge < -0.3 is 58.5 Å². The SMILES string of the molecule is CC(C)C[C@H](NC(=O)CN)C(=O)N[C@@H](CO)C(=O)N[C@@H](CC(C)C)C(=O)N1CCC[C@H]1C(=O)N1CCC[C@H]1C(=O)N[C@@H](CCCN=C(N)N)C(=O)O. The smallest absolute Gasteiger partial charge is 0.326 e. The number of carbonyl (C=O) groups excluding carboxylic acids is 6. The summed E-state index contributed by atoms with van der Waals surface area (Å²) in [5, 5.41) is 29.9. The molecule has 0 unspecified atom stereocenters. The Hall–Kier alpha value is -4.52. The number of amides is 6. The highest BCUT2D eigenvalue weighted by Gasteiger charge is 2.44. The minimum absolute atomic E-state index is 0.000785. The van der Waals surface area contributed by atoms with Crippen molar-refractivity contribution >= 4 is 47.4 Å². The van der Waals surface area contributed by atoms with Gasteiger partial charge in [-0.15, -0.1) is 0 Å². The number of aliphatic hydroxyl groups excluding tert-OH is 1. The molecule has 0 saturated carbocycles. The van der Waals surface area contributed by atoms with Crippen molar-refractivity contribution in [1.82, 2.24) is 31.1 Å². The molecule has 2 aliphatic heterocycles. The Bertz CT molecular complexity index is 1310. The number of nitrogens with two attached hydrogens (primary N) is 3. The summed E-state index contributed by atoms with van der Waals surface area (Å²) in [6.07, 6.45) is 2.42. The summed E-state index contributed by atoms with van der Waals surface area (Å²) in [4.78, 5) is 98.1. The van der Waals surface area contributed by atoms with Crippen LogP contribution in [0.5, 0.6) is 0 Å². The van der Waals surface area contributed by atoms with E-state index in [1.807, 2.05) is 27.7 Å². The van der Waals surface area contributed by atoms with Crippen molar-refractivity contribution in [3.63, 3.8) is 0 Å². The largest absolute Gasteiger partial charge is 0.480 e. The molecule has 52 heavy (non-hydrogen) atoms. The van der Waals surface area contributed by atoms with Crippen LogP contribution in [0.4, 0.5) is 0 Å². The summed E-state index contributed by atoms with van der Waals surface area (Å²) in [7, 11) is 0. The zero-order valence-electron chi connectivity index (χ0n) is 30.6. The Labute approximate surface area is 304 Å². The van der Waals surface area contributed by atoms with E-state index in [2.05, 4.69) is 26.3 Å². The monoisotopic (exact) mass is 738 g/mol. The highest BCUT2D eigenvalue weighted by molar-refractivity contribution is 5.97. The Balaban J connectivity index is 2.17. The van der Waals surface area contributed by atoms with Crippen molar-refractivity contribution < 1.29 is 43.8 Å². The third-order valence-electron chi connectivity index (χ3n) is 8.90. The lowest BCUT2D eigenvalue weighted by atomic mass is 10.0. The first-order valence-corrected chi connectivity index (χ1v) is 17.9. The molecule has 0 aliphatic carbocycles. The first-order chi connectivity index (χ1) is 24.5. The number of carboxylic acid groups (broad SMARTS) is 1. The van der Waals surface area contributed by atoms with Crippen molar-refractivity contribution in [1.29, 1.82) is 0 Å². The predicted octanol–water partition coefficient (Wildman–Crippen LogP) is -2.91. The van der Waals surface area contributed by atoms with Gasteiger partial charge in [-0.3, -0.25) is 33.8 Å². The topological polar surface area (TPSA) is 305 Å². The van der Waals surface area contributed by atoms with E-state index in [1.165, 1.54) is 9.80 Å². The molecule has 0 radical (unpaired) electrons. The number of rotatable bonds is 20. The molecule has 19 nitrogen and oxygen atoms in total. The van der Waals surface area contributed by atoms with Crippen LogP contribution in [-0.4, -0.2) is 136 Å².